The van der Waals surface area contributed by atoms with Gasteiger partial charge in [0.1, 0.15) is 0 Å². The monoisotopic (exact) mass is 453 g/mol. The molecule has 9 heteroatoms. The second-order valence-corrected chi connectivity index (χ2v) is 10.9. The lowest BCUT2D eigenvalue weighted by atomic mass is 10.2. The van der Waals surface area contributed by atoms with Gasteiger partial charge in [-0.05, 0) is 43.0 Å². The summed E-state index contributed by atoms with van der Waals surface area (Å²) in [6, 6.07) is 9.42. The van der Waals surface area contributed by atoms with Gasteiger partial charge in [0, 0.05) is 47.6 Å². The topological polar surface area (TPSA) is 78.5 Å². The number of sulfonamides is 1. The van der Waals surface area contributed by atoms with Crippen molar-refractivity contribution in [1.29, 1.82) is 0 Å². The van der Waals surface area contributed by atoms with Crippen LogP contribution in [-0.4, -0.2) is 44.1 Å². The smallest absolute Gasteiger partial charge is 0.240 e. The van der Waals surface area contributed by atoms with Crippen LogP contribution in [0.1, 0.15) is 31.6 Å². The van der Waals surface area contributed by atoms with Crippen molar-refractivity contribution >= 4 is 44.7 Å². The van der Waals surface area contributed by atoms with Gasteiger partial charge in [0.15, 0.2) is 0 Å². The minimum Gasteiger partial charge on any atom is -0.325 e. The van der Waals surface area contributed by atoms with E-state index < -0.39 is 10.0 Å². The lowest BCUT2D eigenvalue weighted by molar-refractivity contribution is -0.115. The van der Waals surface area contributed by atoms with Crippen LogP contribution in [0.2, 0.25) is 0 Å². The van der Waals surface area contributed by atoms with Crippen molar-refractivity contribution in [2.24, 2.45) is 0 Å². The Labute approximate surface area is 181 Å². The molecule has 1 aliphatic rings. The maximum absolute atomic E-state index is 12.8. The minimum atomic E-state index is -3.65. The third kappa shape index (κ3) is 6.05. The Morgan fingerprint density at radius 1 is 1.31 bits per heavy atom. The van der Waals surface area contributed by atoms with E-state index >= 15 is 0 Å². The second kappa shape index (κ2) is 10.1. The number of benzene rings is 1. The van der Waals surface area contributed by atoms with E-state index in [1.54, 1.807) is 41.3 Å². The summed E-state index contributed by atoms with van der Waals surface area (Å²) >= 11 is 3.27. The molecule has 2 N–H and O–H groups in total. The van der Waals surface area contributed by atoms with E-state index in [0.717, 1.165) is 17.9 Å². The van der Waals surface area contributed by atoms with Crippen LogP contribution in [0.15, 0.2) is 45.5 Å². The lowest BCUT2D eigenvalue weighted by Gasteiger charge is -2.28. The summed E-state index contributed by atoms with van der Waals surface area (Å²) in [5.41, 5.74) is 0.569. The highest BCUT2D eigenvalue weighted by Gasteiger charge is 2.20. The molecule has 2 aromatic rings. The van der Waals surface area contributed by atoms with Crippen molar-refractivity contribution in [2.45, 2.75) is 49.1 Å². The van der Waals surface area contributed by atoms with Crippen molar-refractivity contribution in [3.8, 4) is 0 Å². The van der Waals surface area contributed by atoms with Crippen LogP contribution < -0.4 is 10.0 Å². The Balaban J connectivity index is 1.65. The molecule has 1 aliphatic heterocycles. The molecule has 1 aromatic carbocycles. The molecule has 0 fully saturated rings. The van der Waals surface area contributed by atoms with Crippen LogP contribution >= 0.6 is 23.1 Å². The Kier molecular flexibility index (Phi) is 7.75. The molecule has 1 atom stereocenters. The Morgan fingerprint density at radius 2 is 2.14 bits per heavy atom. The van der Waals surface area contributed by atoms with Gasteiger partial charge in [-0.2, -0.15) is 0 Å². The van der Waals surface area contributed by atoms with Crippen molar-refractivity contribution < 1.29 is 13.2 Å². The number of fused-ring (bicyclic) bond motifs is 1. The predicted molar refractivity (Wildman–Crippen MR) is 120 cm³/mol. The number of hydrogen-bond donors (Lipinski definition) is 2. The Hall–Kier alpha value is -1.39. The quantitative estimate of drug-likeness (QED) is 0.604. The first kappa shape index (κ1) is 22.3. The number of nitrogens with one attached hydrogen (secondary N) is 2. The van der Waals surface area contributed by atoms with Gasteiger partial charge < -0.3 is 5.32 Å². The summed E-state index contributed by atoms with van der Waals surface area (Å²) in [7, 11) is -3.65. The van der Waals surface area contributed by atoms with E-state index in [9.17, 15) is 13.2 Å². The zero-order chi connectivity index (χ0) is 20.9. The van der Waals surface area contributed by atoms with E-state index in [4.69, 9.17) is 0 Å². The number of thioether (sulfide) groups is 1. The molecule has 0 bridgehead atoms. The van der Waals surface area contributed by atoms with Crippen molar-refractivity contribution in [1.82, 2.24) is 9.62 Å². The maximum atomic E-state index is 12.8. The summed E-state index contributed by atoms with van der Waals surface area (Å²) in [6.45, 7) is 6.07. The van der Waals surface area contributed by atoms with Gasteiger partial charge in [-0.1, -0.05) is 13.0 Å². The van der Waals surface area contributed by atoms with Crippen LogP contribution in [0, 0.1) is 0 Å². The number of hydrogen-bond acceptors (Lipinski definition) is 6. The third-order valence-corrected chi connectivity index (χ3v) is 8.36. The number of carbonyl (C=O) groups excluding carboxylic acids is 1. The first-order valence-corrected chi connectivity index (χ1v) is 13.1. The molecular formula is C20H27N3O3S3. The summed E-state index contributed by atoms with van der Waals surface area (Å²) in [6.07, 6.45) is 1.43. The Bertz CT molecular complexity index is 930. The molecule has 1 amide bonds. The fourth-order valence-electron chi connectivity index (χ4n) is 3.09. The number of carbonyl (C=O) groups is 1. The Morgan fingerprint density at radius 3 is 2.86 bits per heavy atom. The maximum Gasteiger partial charge on any atom is 0.240 e. The molecular weight excluding hydrogens is 426 g/mol. The lowest BCUT2D eigenvalue weighted by Crippen LogP contribution is -2.39. The zero-order valence-electron chi connectivity index (χ0n) is 16.7. The van der Waals surface area contributed by atoms with E-state index in [0.29, 0.717) is 37.0 Å². The summed E-state index contributed by atoms with van der Waals surface area (Å²) in [5, 5.41) is 4.86. The average molecular weight is 454 g/mol. The van der Waals surface area contributed by atoms with Crippen molar-refractivity contribution in [3.63, 3.8) is 0 Å². The average Bonchev–Trinajstić information content (AvgIpc) is 3.13. The van der Waals surface area contributed by atoms with Gasteiger partial charge in [0.25, 0.3) is 0 Å². The molecule has 0 aliphatic carbocycles. The van der Waals surface area contributed by atoms with E-state index in [-0.39, 0.29) is 10.8 Å². The van der Waals surface area contributed by atoms with Crippen molar-refractivity contribution in [3.05, 3.63) is 40.6 Å². The van der Waals surface area contributed by atoms with Crippen LogP contribution in [0.25, 0.3) is 0 Å². The summed E-state index contributed by atoms with van der Waals surface area (Å²) in [5.74, 6) is 0.607. The zero-order valence-corrected chi connectivity index (χ0v) is 19.1. The fourth-order valence-corrected chi connectivity index (χ4v) is 5.80. The molecule has 1 unspecified atom stereocenters. The van der Waals surface area contributed by atoms with Crippen LogP contribution in [0.5, 0.6) is 0 Å². The number of nitrogens with zero attached hydrogens (tertiary/aromatic N) is 1. The molecule has 0 radical (unpaired) electrons. The first-order chi connectivity index (χ1) is 13.9. The third-order valence-electron chi connectivity index (χ3n) is 4.97. The predicted octanol–water partition coefficient (Wildman–Crippen LogP) is 3.76. The molecule has 1 aromatic heterocycles. The van der Waals surface area contributed by atoms with E-state index in [1.807, 2.05) is 6.07 Å². The van der Waals surface area contributed by atoms with Gasteiger partial charge >= 0.3 is 0 Å². The number of anilines is 1. The highest BCUT2D eigenvalue weighted by molar-refractivity contribution is 7.99. The van der Waals surface area contributed by atoms with E-state index in [2.05, 4.69) is 40.2 Å². The normalized spacial score (nSPS) is 15.6. The van der Waals surface area contributed by atoms with E-state index in [1.165, 1.54) is 4.88 Å². The molecule has 158 valence electrons. The molecule has 29 heavy (non-hydrogen) atoms. The van der Waals surface area contributed by atoms with Gasteiger partial charge in [-0.15, -0.1) is 23.1 Å². The molecule has 3 rings (SSSR count). The number of thiophene rings is 1. The van der Waals surface area contributed by atoms with Crippen LogP contribution in [0.4, 0.5) is 5.69 Å². The fraction of sp³-hybridized carbons (Fsp3) is 0.450. The van der Waals surface area contributed by atoms with Gasteiger partial charge in [-0.25, -0.2) is 13.1 Å². The van der Waals surface area contributed by atoms with Gasteiger partial charge in [0.05, 0.1) is 10.6 Å². The SMILES string of the molecule is CCC(C)N(CCNS(=O)(=O)c1ccc2c(c1)NC(=O)CCS2)Cc1cccs1. The standard InChI is InChI=1S/C20H27N3O3S3/c1-3-15(2)23(14-16-5-4-11-27-16)10-9-21-29(25,26)17-6-7-19-18(13-17)22-20(24)8-12-28-19/h4-7,11,13,15,21H,3,8-10,12,14H2,1-2H3,(H,22,24). The molecule has 6 nitrogen and oxygen atoms in total. The molecule has 0 spiro atoms. The van der Waals surface area contributed by atoms with Crippen molar-refractivity contribution in [2.75, 3.05) is 24.2 Å². The van der Waals surface area contributed by atoms with Crippen LogP contribution in [0.3, 0.4) is 0 Å². The number of amides is 1. The number of rotatable bonds is 9. The highest BCUT2D eigenvalue weighted by atomic mass is 32.2. The second-order valence-electron chi connectivity index (χ2n) is 7.01. The van der Waals surface area contributed by atoms with Gasteiger partial charge in [-0.3, -0.25) is 9.69 Å². The minimum absolute atomic E-state index is 0.0865. The summed E-state index contributed by atoms with van der Waals surface area (Å²) in [4.78, 5) is 16.4. The highest BCUT2D eigenvalue weighted by Crippen LogP contribution is 2.32. The largest absolute Gasteiger partial charge is 0.325 e. The molecule has 0 saturated carbocycles. The van der Waals surface area contributed by atoms with Gasteiger partial charge in [0.2, 0.25) is 15.9 Å². The summed E-state index contributed by atoms with van der Waals surface area (Å²) < 4.78 is 28.3. The molecule has 2 heterocycles. The molecule has 0 saturated heterocycles. The van der Waals surface area contributed by atoms with Crippen LogP contribution in [-0.2, 0) is 21.4 Å². The first-order valence-electron chi connectivity index (χ1n) is 9.72.